The van der Waals surface area contributed by atoms with Gasteiger partial charge in [0.1, 0.15) is 0 Å². The zero-order valence-electron chi connectivity index (χ0n) is 10.8. The Morgan fingerprint density at radius 2 is 1.71 bits per heavy atom. The largest absolute Gasteiger partial charge is 0.378 e. The van der Waals surface area contributed by atoms with Gasteiger partial charge >= 0.3 is 0 Å². The van der Waals surface area contributed by atoms with Crippen LogP contribution in [0.5, 0.6) is 0 Å². The summed E-state index contributed by atoms with van der Waals surface area (Å²) in [6, 6.07) is 8.09. The maximum absolute atomic E-state index is 5.38. The van der Waals surface area contributed by atoms with Crippen LogP contribution in [0.2, 0.25) is 0 Å². The standard InChI is InChI=1S/C16H17N/c1-6-15(13(2)3)10-7-14-8-11-16(12-9-14)17(4)5/h1,8-9,11-12H,2-5H3. The van der Waals surface area contributed by atoms with E-state index in [4.69, 9.17) is 6.42 Å². The second-order valence-electron chi connectivity index (χ2n) is 4.21. The van der Waals surface area contributed by atoms with Crippen molar-refractivity contribution < 1.29 is 0 Å². The van der Waals surface area contributed by atoms with Crippen LogP contribution in [-0.4, -0.2) is 14.1 Å². The lowest BCUT2D eigenvalue weighted by molar-refractivity contribution is 1.13. The second-order valence-corrected chi connectivity index (χ2v) is 4.21. The number of nitrogens with zero attached hydrogens (tertiary/aromatic N) is 1. The van der Waals surface area contributed by atoms with Crippen LogP contribution in [0.1, 0.15) is 19.4 Å². The SMILES string of the molecule is C#CC(C#Cc1ccc(N(C)C)cc1)=C(C)C. The van der Waals surface area contributed by atoms with Gasteiger partial charge in [-0.15, -0.1) is 6.42 Å². The molecule has 86 valence electrons. The number of hydrogen-bond donors (Lipinski definition) is 0. The molecular weight excluding hydrogens is 206 g/mol. The molecular formula is C16H17N. The summed E-state index contributed by atoms with van der Waals surface area (Å²) in [5, 5.41) is 0. The Morgan fingerprint density at radius 1 is 1.12 bits per heavy atom. The highest BCUT2D eigenvalue weighted by atomic mass is 15.1. The maximum atomic E-state index is 5.38. The van der Waals surface area contributed by atoms with E-state index in [9.17, 15) is 0 Å². The molecule has 0 saturated carbocycles. The maximum Gasteiger partial charge on any atom is 0.0731 e. The van der Waals surface area contributed by atoms with Gasteiger partial charge in [0.25, 0.3) is 0 Å². The summed E-state index contributed by atoms with van der Waals surface area (Å²) < 4.78 is 0. The topological polar surface area (TPSA) is 3.24 Å². The Hall–Kier alpha value is -2.12. The molecule has 0 saturated heterocycles. The Bertz CT molecular complexity index is 509. The van der Waals surface area contributed by atoms with E-state index in [1.54, 1.807) is 0 Å². The van der Waals surface area contributed by atoms with Gasteiger partial charge < -0.3 is 4.90 Å². The summed E-state index contributed by atoms with van der Waals surface area (Å²) >= 11 is 0. The predicted octanol–water partition coefficient (Wildman–Crippen LogP) is 3.07. The van der Waals surface area contributed by atoms with Crippen LogP contribution in [0.25, 0.3) is 0 Å². The summed E-state index contributed by atoms with van der Waals surface area (Å²) in [6.07, 6.45) is 5.38. The fraction of sp³-hybridized carbons (Fsp3) is 0.250. The highest BCUT2D eigenvalue weighted by molar-refractivity contribution is 5.53. The van der Waals surface area contributed by atoms with Crippen molar-refractivity contribution in [2.24, 2.45) is 0 Å². The van der Waals surface area contributed by atoms with Crippen LogP contribution in [0, 0.1) is 24.2 Å². The molecule has 0 aliphatic carbocycles. The van der Waals surface area contributed by atoms with Crippen LogP contribution in [0.4, 0.5) is 5.69 Å². The van der Waals surface area contributed by atoms with Crippen LogP contribution in [-0.2, 0) is 0 Å². The molecule has 1 heteroatoms. The van der Waals surface area contributed by atoms with Crippen LogP contribution >= 0.6 is 0 Å². The van der Waals surface area contributed by atoms with E-state index >= 15 is 0 Å². The van der Waals surface area contributed by atoms with Crippen molar-refractivity contribution in [2.45, 2.75) is 13.8 Å². The first kappa shape index (κ1) is 12.9. The summed E-state index contributed by atoms with van der Waals surface area (Å²) in [6.45, 7) is 3.94. The molecule has 0 radical (unpaired) electrons. The van der Waals surface area contributed by atoms with E-state index in [1.807, 2.05) is 52.2 Å². The summed E-state index contributed by atoms with van der Waals surface area (Å²) in [4.78, 5) is 2.06. The van der Waals surface area contributed by atoms with E-state index in [1.165, 1.54) is 0 Å². The Morgan fingerprint density at radius 3 is 2.12 bits per heavy atom. The molecule has 0 heterocycles. The van der Waals surface area contributed by atoms with E-state index in [-0.39, 0.29) is 0 Å². The number of hydrogen-bond acceptors (Lipinski definition) is 1. The third-order valence-electron chi connectivity index (χ3n) is 2.36. The van der Waals surface area contributed by atoms with Gasteiger partial charge in [0.15, 0.2) is 0 Å². The van der Waals surface area contributed by atoms with Gasteiger partial charge in [0, 0.05) is 25.3 Å². The van der Waals surface area contributed by atoms with Crippen molar-refractivity contribution in [3.63, 3.8) is 0 Å². The van der Waals surface area contributed by atoms with Crippen molar-refractivity contribution in [1.82, 2.24) is 0 Å². The first-order valence-electron chi connectivity index (χ1n) is 5.48. The Labute approximate surface area is 104 Å². The number of anilines is 1. The number of allylic oxidation sites excluding steroid dienone is 2. The average Bonchev–Trinajstić information content (AvgIpc) is 2.30. The molecule has 1 aromatic carbocycles. The minimum absolute atomic E-state index is 0.765. The lowest BCUT2D eigenvalue weighted by Crippen LogP contribution is -2.07. The van der Waals surface area contributed by atoms with Crippen molar-refractivity contribution >= 4 is 5.69 Å². The highest BCUT2D eigenvalue weighted by Crippen LogP contribution is 2.11. The van der Waals surface area contributed by atoms with E-state index in [2.05, 4.69) is 22.7 Å². The van der Waals surface area contributed by atoms with Crippen molar-refractivity contribution in [3.05, 3.63) is 41.0 Å². The molecule has 0 N–H and O–H groups in total. The highest BCUT2D eigenvalue weighted by Gasteiger charge is 1.94. The monoisotopic (exact) mass is 223 g/mol. The van der Waals surface area contributed by atoms with Crippen molar-refractivity contribution in [1.29, 1.82) is 0 Å². The minimum Gasteiger partial charge on any atom is -0.378 e. The molecule has 0 bridgehead atoms. The molecule has 0 aliphatic heterocycles. The van der Waals surface area contributed by atoms with E-state index < -0.39 is 0 Å². The molecule has 0 unspecified atom stereocenters. The van der Waals surface area contributed by atoms with E-state index in [0.29, 0.717) is 0 Å². The third-order valence-corrected chi connectivity index (χ3v) is 2.36. The van der Waals surface area contributed by atoms with Gasteiger partial charge in [-0.25, -0.2) is 0 Å². The third kappa shape index (κ3) is 3.74. The zero-order valence-corrected chi connectivity index (χ0v) is 10.8. The number of rotatable bonds is 1. The van der Waals surface area contributed by atoms with Crippen molar-refractivity contribution in [3.8, 4) is 24.2 Å². The van der Waals surface area contributed by atoms with Crippen molar-refractivity contribution in [2.75, 3.05) is 19.0 Å². The fourth-order valence-electron chi connectivity index (χ4n) is 1.28. The van der Waals surface area contributed by atoms with E-state index in [0.717, 1.165) is 22.4 Å². The minimum atomic E-state index is 0.765. The first-order valence-corrected chi connectivity index (χ1v) is 5.48. The molecule has 1 aromatic rings. The first-order chi connectivity index (χ1) is 8.04. The van der Waals surface area contributed by atoms with Crippen LogP contribution in [0.15, 0.2) is 35.4 Å². The van der Waals surface area contributed by atoms with Gasteiger partial charge in [-0.3, -0.25) is 0 Å². The number of benzene rings is 1. The molecule has 0 aromatic heterocycles. The molecule has 0 aliphatic rings. The van der Waals surface area contributed by atoms with Gasteiger partial charge in [-0.1, -0.05) is 23.3 Å². The zero-order chi connectivity index (χ0) is 12.8. The smallest absolute Gasteiger partial charge is 0.0731 e. The molecule has 1 nitrogen and oxygen atoms in total. The second kappa shape index (κ2) is 5.83. The summed E-state index contributed by atoms with van der Waals surface area (Å²) in [7, 11) is 4.03. The lowest BCUT2D eigenvalue weighted by Gasteiger charge is -2.11. The lowest BCUT2D eigenvalue weighted by atomic mass is 10.1. The Kier molecular flexibility index (Phi) is 4.44. The van der Waals surface area contributed by atoms with Gasteiger partial charge in [-0.05, 0) is 38.1 Å². The van der Waals surface area contributed by atoms with Gasteiger partial charge in [0.05, 0.1) is 5.57 Å². The van der Waals surface area contributed by atoms with Crippen LogP contribution in [0.3, 0.4) is 0 Å². The molecule has 17 heavy (non-hydrogen) atoms. The predicted molar refractivity (Wildman–Crippen MR) is 74.9 cm³/mol. The summed E-state index contributed by atoms with van der Waals surface area (Å²) in [5.41, 5.74) is 3.98. The normalized spacial score (nSPS) is 8.65. The molecule has 1 rings (SSSR count). The van der Waals surface area contributed by atoms with Gasteiger partial charge in [-0.2, -0.15) is 0 Å². The molecule has 0 amide bonds. The average molecular weight is 223 g/mol. The van der Waals surface area contributed by atoms with Gasteiger partial charge in [0.2, 0.25) is 0 Å². The quantitative estimate of drug-likeness (QED) is 0.661. The summed E-state index contributed by atoms with van der Waals surface area (Å²) in [5.74, 6) is 8.69. The Balaban J connectivity index is 2.95. The number of terminal acetylenes is 1. The molecule has 0 fully saturated rings. The molecule has 0 spiro atoms. The molecule has 0 atom stereocenters. The fourth-order valence-corrected chi connectivity index (χ4v) is 1.28. The van der Waals surface area contributed by atoms with Crippen LogP contribution < -0.4 is 4.90 Å².